The molecule has 1 aliphatic rings. The average Bonchev–Trinajstić information content (AvgIpc) is 2.04. The molecule has 0 amide bonds. The van der Waals surface area contributed by atoms with Gasteiger partial charge in [0.25, 0.3) is 0 Å². The zero-order valence-electron chi connectivity index (χ0n) is 7.14. The Labute approximate surface area is 68.8 Å². The monoisotopic (exact) mass is 152 g/mol. The van der Waals surface area contributed by atoms with Crippen molar-refractivity contribution in [3.8, 4) is 11.8 Å². The van der Waals surface area contributed by atoms with E-state index in [1.54, 1.807) is 0 Å². The van der Waals surface area contributed by atoms with Crippen LogP contribution in [0.25, 0.3) is 0 Å². The number of piperidine rings is 1. The molecule has 0 aliphatic carbocycles. The summed E-state index contributed by atoms with van der Waals surface area (Å²) in [5.41, 5.74) is 5.29. The molecule has 0 aromatic rings. The fourth-order valence-corrected chi connectivity index (χ4v) is 1.36. The lowest BCUT2D eigenvalue weighted by Gasteiger charge is -2.25. The fraction of sp³-hybridized carbons (Fsp3) is 0.778. The van der Waals surface area contributed by atoms with Crippen LogP contribution in [0.3, 0.4) is 0 Å². The van der Waals surface area contributed by atoms with Crippen molar-refractivity contribution in [3.05, 3.63) is 0 Å². The third-order valence-electron chi connectivity index (χ3n) is 2.13. The van der Waals surface area contributed by atoms with Gasteiger partial charge in [0, 0.05) is 5.92 Å². The molecule has 1 aliphatic heterocycles. The van der Waals surface area contributed by atoms with Gasteiger partial charge in [-0.1, -0.05) is 11.8 Å². The summed E-state index contributed by atoms with van der Waals surface area (Å²) in [7, 11) is 2.16. The van der Waals surface area contributed by atoms with Crippen LogP contribution < -0.4 is 5.73 Å². The third-order valence-corrected chi connectivity index (χ3v) is 2.13. The van der Waals surface area contributed by atoms with Gasteiger partial charge in [-0.2, -0.15) is 0 Å². The molecule has 0 radical (unpaired) electrons. The first kappa shape index (κ1) is 8.58. The summed E-state index contributed by atoms with van der Waals surface area (Å²) in [6.07, 6.45) is 2.42. The molecular formula is C9H16N2. The number of nitrogens with zero attached hydrogens (tertiary/aromatic N) is 1. The van der Waals surface area contributed by atoms with E-state index in [0.717, 1.165) is 0 Å². The van der Waals surface area contributed by atoms with Crippen molar-refractivity contribution in [1.29, 1.82) is 0 Å². The summed E-state index contributed by atoms with van der Waals surface area (Å²) < 4.78 is 0. The molecule has 1 saturated heterocycles. The highest BCUT2D eigenvalue weighted by Crippen LogP contribution is 2.14. The molecule has 0 atom stereocenters. The summed E-state index contributed by atoms with van der Waals surface area (Å²) in [6, 6.07) is 0. The minimum absolute atomic E-state index is 0.506. The molecule has 0 bridgehead atoms. The maximum atomic E-state index is 5.29. The first-order chi connectivity index (χ1) is 5.33. The fourth-order valence-electron chi connectivity index (χ4n) is 1.36. The van der Waals surface area contributed by atoms with E-state index in [4.69, 9.17) is 5.73 Å². The summed E-state index contributed by atoms with van der Waals surface area (Å²) in [5.74, 6) is 6.74. The highest BCUT2D eigenvalue weighted by molar-refractivity contribution is 5.05. The van der Waals surface area contributed by atoms with Crippen LogP contribution >= 0.6 is 0 Å². The van der Waals surface area contributed by atoms with Crippen LogP contribution in [0.4, 0.5) is 0 Å². The second-order valence-electron chi connectivity index (χ2n) is 3.10. The molecule has 0 aromatic carbocycles. The Morgan fingerprint density at radius 2 is 2.09 bits per heavy atom. The van der Waals surface area contributed by atoms with Crippen LogP contribution in [0.15, 0.2) is 0 Å². The molecule has 0 spiro atoms. The van der Waals surface area contributed by atoms with Gasteiger partial charge in [0.05, 0.1) is 6.54 Å². The Morgan fingerprint density at radius 1 is 1.45 bits per heavy atom. The van der Waals surface area contributed by atoms with E-state index in [0.29, 0.717) is 12.5 Å². The zero-order chi connectivity index (χ0) is 8.10. The predicted molar refractivity (Wildman–Crippen MR) is 47.1 cm³/mol. The van der Waals surface area contributed by atoms with Crippen LogP contribution in [0.5, 0.6) is 0 Å². The Hall–Kier alpha value is -0.520. The quantitative estimate of drug-likeness (QED) is 0.505. The van der Waals surface area contributed by atoms with Gasteiger partial charge < -0.3 is 10.6 Å². The largest absolute Gasteiger partial charge is 0.320 e. The number of likely N-dealkylation sites (tertiary alicyclic amines) is 1. The van der Waals surface area contributed by atoms with E-state index in [2.05, 4.69) is 23.8 Å². The van der Waals surface area contributed by atoms with Crippen molar-refractivity contribution in [2.45, 2.75) is 12.8 Å². The highest BCUT2D eigenvalue weighted by atomic mass is 15.1. The van der Waals surface area contributed by atoms with Crippen molar-refractivity contribution in [3.63, 3.8) is 0 Å². The molecule has 2 nitrogen and oxygen atoms in total. The Kier molecular flexibility index (Phi) is 3.41. The van der Waals surface area contributed by atoms with E-state index < -0.39 is 0 Å². The number of rotatable bonds is 0. The molecule has 62 valence electrons. The standard InChI is InChI=1S/C9H16N2/c1-11-7-4-9(5-8-11)3-2-6-10/h9H,4-8,10H2,1H3. The molecule has 1 heterocycles. The topological polar surface area (TPSA) is 29.3 Å². The number of nitrogens with two attached hydrogens (primary N) is 1. The van der Waals surface area contributed by atoms with Gasteiger partial charge in [-0.3, -0.25) is 0 Å². The van der Waals surface area contributed by atoms with Crippen molar-refractivity contribution >= 4 is 0 Å². The van der Waals surface area contributed by atoms with Crippen LogP contribution in [-0.2, 0) is 0 Å². The molecule has 0 unspecified atom stereocenters. The number of hydrogen-bond donors (Lipinski definition) is 1. The number of hydrogen-bond acceptors (Lipinski definition) is 2. The summed E-state index contributed by atoms with van der Waals surface area (Å²) in [5, 5.41) is 0. The third kappa shape index (κ3) is 2.92. The lowest BCUT2D eigenvalue weighted by atomic mass is 9.98. The molecule has 1 rings (SSSR count). The molecule has 11 heavy (non-hydrogen) atoms. The van der Waals surface area contributed by atoms with Gasteiger partial charge in [0.2, 0.25) is 0 Å². The Morgan fingerprint density at radius 3 is 2.64 bits per heavy atom. The Balaban J connectivity index is 2.28. The average molecular weight is 152 g/mol. The van der Waals surface area contributed by atoms with Crippen molar-refractivity contribution in [2.24, 2.45) is 11.7 Å². The van der Waals surface area contributed by atoms with Crippen LogP contribution in [0.2, 0.25) is 0 Å². The van der Waals surface area contributed by atoms with Crippen LogP contribution in [0.1, 0.15) is 12.8 Å². The first-order valence-electron chi connectivity index (χ1n) is 4.20. The van der Waals surface area contributed by atoms with Crippen molar-refractivity contribution < 1.29 is 0 Å². The predicted octanol–water partition coefficient (Wildman–Crippen LogP) is 0.290. The normalized spacial score (nSPS) is 20.9. The lowest BCUT2D eigenvalue weighted by molar-refractivity contribution is 0.248. The van der Waals surface area contributed by atoms with Gasteiger partial charge in [-0.25, -0.2) is 0 Å². The smallest absolute Gasteiger partial charge is 0.0551 e. The van der Waals surface area contributed by atoms with Crippen LogP contribution in [-0.4, -0.2) is 31.6 Å². The summed E-state index contributed by atoms with van der Waals surface area (Å²) >= 11 is 0. The first-order valence-corrected chi connectivity index (χ1v) is 4.20. The van der Waals surface area contributed by atoms with Crippen LogP contribution in [0, 0.1) is 17.8 Å². The summed E-state index contributed by atoms with van der Waals surface area (Å²) in [4.78, 5) is 2.35. The second kappa shape index (κ2) is 4.38. The van der Waals surface area contributed by atoms with Gasteiger partial charge in [-0.05, 0) is 33.0 Å². The van der Waals surface area contributed by atoms with E-state index in [9.17, 15) is 0 Å². The molecule has 0 aromatic heterocycles. The zero-order valence-corrected chi connectivity index (χ0v) is 7.14. The molecule has 2 heteroatoms. The van der Waals surface area contributed by atoms with Gasteiger partial charge in [0.15, 0.2) is 0 Å². The van der Waals surface area contributed by atoms with E-state index >= 15 is 0 Å². The van der Waals surface area contributed by atoms with Gasteiger partial charge in [-0.15, -0.1) is 0 Å². The van der Waals surface area contributed by atoms with E-state index in [-0.39, 0.29) is 0 Å². The SMILES string of the molecule is CN1CCC(C#CCN)CC1. The molecule has 2 N–H and O–H groups in total. The van der Waals surface area contributed by atoms with Gasteiger partial charge in [0.1, 0.15) is 0 Å². The molecular weight excluding hydrogens is 136 g/mol. The molecule has 1 fully saturated rings. The lowest BCUT2D eigenvalue weighted by Crippen LogP contribution is -2.29. The minimum atomic E-state index is 0.506. The maximum Gasteiger partial charge on any atom is 0.0551 e. The minimum Gasteiger partial charge on any atom is -0.320 e. The summed E-state index contributed by atoms with van der Waals surface area (Å²) in [6.45, 7) is 2.88. The van der Waals surface area contributed by atoms with Gasteiger partial charge >= 0.3 is 0 Å². The van der Waals surface area contributed by atoms with Crippen molar-refractivity contribution in [1.82, 2.24) is 4.90 Å². The molecule has 0 saturated carbocycles. The van der Waals surface area contributed by atoms with E-state index in [1.165, 1.54) is 25.9 Å². The Bertz CT molecular complexity index is 158. The maximum absolute atomic E-state index is 5.29. The van der Waals surface area contributed by atoms with E-state index in [1.807, 2.05) is 0 Å². The second-order valence-corrected chi connectivity index (χ2v) is 3.10. The highest BCUT2D eigenvalue weighted by Gasteiger charge is 2.13. The van der Waals surface area contributed by atoms with Crippen molar-refractivity contribution in [2.75, 3.05) is 26.7 Å².